The maximum atomic E-state index is 13.5. The molecule has 1 amide bonds. The van der Waals surface area contributed by atoms with Crippen LogP contribution in [0.1, 0.15) is 18.4 Å². The number of nitrogens with one attached hydrogen (secondary N) is 1. The summed E-state index contributed by atoms with van der Waals surface area (Å²) >= 11 is 0. The minimum atomic E-state index is -0.417. The predicted octanol–water partition coefficient (Wildman–Crippen LogP) is 1.28. The number of amides is 1. The molecule has 6 heteroatoms. The number of halogens is 1. The Balaban J connectivity index is 1.42. The maximum Gasteiger partial charge on any atom is 0.234 e. The van der Waals surface area contributed by atoms with Gasteiger partial charge in [0.1, 0.15) is 5.82 Å². The van der Waals surface area contributed by atoms with Crippen molar-refractivity contribution in [2.24, 2.45) is 0 Å². The van der Waals surface area contributed by atoms with Crippen LogP contribution in [-0.2, 0) is 20.8 Å². The third-order valence-electron chi connectivity index (χ3n) is 4.23. The number of piperidine rings is 1. The minimum Gasteiger partial charge on any atom is -0.351 e. The fraction of sp³-hybridized carbons (Fsp3) is 0.562. The highest BCUT2D eigenvalue weighted by atomic mass is 19.1. The van der Waals surface area contributed by atoms with E-state index in [-0.39, 0.29) is 18.3 Å². The lowest BCUT2D eigenvalue weighted by Gasteiger charge is -2.37. The summed E-state index contributed by atoms with van der Waals surface area (Å²) < 4.78 is 24.8. The molecule has 5 nitrogen and oxygen atoms in total. The van der Waals surface area contributed by atoms with Gasteiger partial charge in [-0.05, 0) is 6.07 Å². The molecule has 22 heavy (non-hydrogen) atoms. The van der Waals surface area contributed by atoms with E-state index in [4.69, 9.17) is 9.47 Å². The highest BCUT2D eigenvalue weighted by Crippen LogP contribution is 2.30. The average Bonchev–Trinajstić information content (AvgIpc) is 2.97. The molecular weight excluding hydrogens is 287 g/mol. The topological polar surface area (TPSA) is 50.8 Å². The normalized spacial score (nSPS) is 21.1. The molecule has 1 N–H and O–H groups in total. The van der Waals surface area contributed by atoms with Crippen molar-refractivity contribution in [3.05, 3.63) is 35.6 Å². The summed E-state index contributed by atoms with van der Waals surface area (Å²) in [6, 6.07) is 6.47. The van der Waals surface area contributed by atoms with Gasteiger partial charge in [-0.15, -0.1) is 0 Å². The molecule has 3 rings (SSSR count). The lowest BCUT2D eigenvalue weighted by Crippen LogP contribution is -2.48. The molecule has 1 aromatic carbocycles. The van der Waals surface area contributed by atoms with E-state index in [2.05, 4.69) is 10.2 Å². The molecule has 0 unspecified atom stereocenters. The van der Waals surface area contributed by atoms with E-state index in [0.29, 0.717) is 25.3 Å². The van der Waals surface area contributed by atoms with Gasteiger partial charge in [-0.2, -0.15) is 0 Å². The van der Waals surface area contributed by atoms with Gasteiger partial charge < -0.3 is 14.8 Å². The molecule has 0 aliphatic carbocycles. The molecule has 1 aromatic rings. The van der Waals surface area contributed by atoms with Crippen molar-refractivity contribution in [3.63, 3.8) is 0 Å². The van der Waals surface area contributed by atoms with E-state index in [9.17, 15) is 9.18 Å². The zero-order valence-electron chi connectivity index (χ0n) is 12.5. The zero-order chi connectivity index (χ0) is 15.4. The van der Waals surface area contributed by atoms with E-state index >= 15 is 0 Å². The molecule has 2 aliphatic heterocycles. The van der Waals surface area contributed by atoms with Gasteiger partial charge in [-0.1, -0.05) is 18.2 Å². The Morgan fingerprint density at radius 3 is 2.59 bits per heavy atom. The number of rotatable bonds is 4. The van der Waals surface area contributed by atoms with Gasteiger partial charge in [0.05, 0.1) is 19.8 Å². The largest absolute Gasteiger partial charge is 0.351 e. The fourth-order valence-electron chi connectivity index (χ4n) is 2.93. The second-order valence-electron chi connectivity index (χ2n) is 5.75. The van der Waals surface area contributed by atoms with Gasteiger partial charge >= 0.3 is 0 Å². The third-order valence-corrected chi connectivity index (χ3v) is 4.23. The summed E-state index contributed by atoms with van der Waals surface area (Å²) in [5.74, 6) is -0.800. The Bertz CT molecular complexity index is 522. The Hall–Kier alpha value is -1.50. The van der Waals surface area contributed by atoms with Crippen LogP contribution in [0, 0.1) is 5.82 Å². The van der Waals surface area contributed by atoms with Crippen LogP contribution in [0.5, 0.6) is 0 Å². The number of hydrogen-bond donors (Lipinski definition) is 1. The van der Waals surface area contributed by atoms with Gasteiger partial charge in [0.15, 0.2) is 5.79 Å². The number of likely N-dealkylation sites (tertiary alicyclic amines) is 1. The predicted molar refractivity (Wildman–Crippen MR) is 78.6 cm³/mol. The molecule has 0 atom stereocenters. The lowest BCUT2D eigenvalue weighted by molar-refractivity contribution is -0.185. The van der Waals surface area contributed by atoms with E-state index in [1.165, 1.54) is 6.07 Å². The minimum absolute atomic E-state index is 0.0903. The van der Waals surface area contributed by atoms with Crippen molar-refractivity contribution in [2.45, 2.75) is 25.2 Å². The van der Waals surface area contributed by atoms with Crippen molar-refractivity contribution < 1.29 is 18.7 Å². The number of ether oxygens (including phenoxy) is 2. The first-order valence-electron chi connectivity index (χ1n) is 7.67. The Labute approximate surface area is 129 Å². The zero-order valence-corrected chi connectivity index (χ0v) is 12.5. The Morgan fingerprint density at radius 1 is 1.23 bits per heavy atom. The number of benzene rings is 1. The van der Waals surface area contributed by atoms with Gasteiger partial charge in [-0.3, -0.25) is 9.69 Å². The molecule has 0 saturated carbocycles. The van der Waals surface area contributed by atoms with Crippen LogP contribution in [-0.4, -0.2) is 49.4 Å². The summed E-state index contributed by atoms with van der Waals surface area (Å²) in [4.78, 5) is 14.0. The molecule has 0 radical (unpaired) electrons. The third kappa shape index (κ3) is 3.63. The number of hydrogen-bond acceptors (Lipinski definition) is 4. The smallest absolute Gasteiger partial charge is 0.234 e. The van der Waals surface area contributed by atoms with Crippen molar-refractivity contribution in [3.8, 4) is 0 Å². The van der Waals surface area contributed by atoms with Crippen molar-refractivity contribution in [1.82, 2.24) is 10.2 Å². The highest BCUT2D eigenvalue weighted by molar-refractivity contribution is 5.78. The monoisotopic (exact) mass is 308 g/mol. The van der Waals surface area contributed by atoms with Crippen molar-refractivity contribution in [1.29, 1.82) is 0 Å². The second-order valence-corrected chi connectivity index (χ2v) is 5.75. The summed E-state index contributed by atoms with van der Waals surface area (Å²) in [7, 11) is 0. The fourth-order valence-corrected chi connectivity index (χ4v) is 2.93. The van der Waals surface area contributed by atoms with Crippen molar-refractivity contribution in [2.75, 3.05) is 32.8 Å². The van der Waals surface area contributed by atoms with Gasteiger partial charge in [-0.25, -0.2) is 4.39 Å². The van der Waals surface area contributed by atoms with E-state index in [1.807, 2.05) is 0 Å². The summed E-state index contributed by atoms with van der Waals surface area (Å²) in [5.41, 5.74) is 0.501. The molecule has 120 valence electrons. The maximum absolute atomic E-state index is 13.5. The standard InChI is InChI=1S/C16H21FN2O3/c17-14-4-2-1-3-13(14)11-18-15(20)12-19-7-5-16(6-8-19)21-9-10-22-16/h1-4H,5-12H2,(H,18,20). The second kappa shape index (κ2) is 6.73. The quantitative estimate of drug-likeness (QED) is 0.910. The highest BCUT2D eigenvalue weighted by Gasteiger charge is 2.39. The van der Waals surface area contributed by atoms with E-state index in [0.717, 1.165) is 25.9 Å². The van der Waals surface area contributed by atoms with Gasteiger partial charge in [0, 0.05) is 38.0 Å². The number of carbonyl (C=O) groups is 1. The summed E-state index contributed by atoms with van der Waals surface area (Å²) in [6.45, 7) is 3.40. The van der Waals surface area contributed by atoms with Crippen LogP contribution < -0.4 is 5.32 Å². The molecule has 0 aromatic heterocycles. The molecule has 2 aliphatic rings. The number of carbonyl (C=O) groups excluding carboxylic acids is 1. The number of nitrogens with zero attached hydrogens (tertiary/aromatic N) is 1. The first-order chi connectivity index (χ1) is 10.7. The van der Waals surface area contributed by atoms with Crippen LogP contribution >= 0.6 is 0 Å². The van der Waals surface area contributed by atoms with Crippen LogP contribution in [0.2, 0.25) is 0 Å². The van der Waals surface area contributed by atoms with Gasteiger partial charge in [0.2, 0.25) is 5.91 Å². The molecule has 2 saturated heterocycles. The first kappa shape index (κ1) is 15.4. The Kier molecular flexibility index (Phi) is 4.71. The summed E-state index contributed by atoms with van der Waals surface area (Å²) in [5, 5.41) is 2.77. The summed E-state index contributed by atoms with van der Waals surface area (Å²) in [6.07, 6.45) is 1.57. The van der Waals surface area contributed by atoms with E-state index in [1.54, 1.807) is 18.2 Å². The molecule has 1 spiro atoms. The van der Waals surface area contributed by atoms with Crippen LogP contribution in [0.25, 0.3) is 0 Å². The molecule has 0 bridgehead atoms. The SMILES string of the molecule is O=C(CN1CCC2(CC1)OCCO2)NCc1ccccc1F. The lowest BCUT2D eigenvalue weighted by atomic mass is 10.0. The first-order valence-corrected chi connectivity index (χ1v) is 7.67. The van der Waals surface area contributed by atoms with Crippen molar-refractivity contribution >= 4 is 5.91 Å². The van der Waals surface area contributed by atoms with Crippen LogP contribution in [0.15, 0.2) is 24.3 Å². The van der Waals surface area contributed by atoms with Gasteiger partial charge in [0.25, 0.3) is 0 Å². The average molecular weight is 308 g/mol. The molecule has 2 fully saturated rings. The van der Waals surface area contributed by atoms with Crippen LogP contribution in [0.3, 0.4) is 0 Å². The molecule has 2 heterocycles. The van der Waals surface area contributed by atoms with E-state index < -0.39 is 5.79 Å². The Morgan fingerprint density at radius 2 is 1.91 bits per heavy atom. The molecular formula is C16H21FN2O3. The van der Waals surface area contributed by atoms with Crippen LogP contribution in [0.4, 0.5) is 4.39 Å².